The summed E-state index contributed by atoms with van der Waals surface area (Å²) in [4.78, 5) is 0. The lowest BCUT2D eigenvalue weighted by molar-refractivity contribution is -0.294. The fourth-order valence-electron chi connectivity index (χ4n) is 3.30. The lowest BCUT2D eigenvalue weighted by atomic mass is 9.71. The Balaban J connectivity index is 3.06. The van der Waals surface area contributed by atoms with Crippen LogP contribution in [0.1, 0.15) is 61.8 Å². The number of hydrogen-bond acceptors (Lipinski definition) is 3. The Morgan fingerprint density at radius 1 is 1.15 bits per heavy atom. The summed E-state index contributed by atoms with van der Waals surface area (Å²) in [5, 5.41) is 9.80. The summed E-state index contributed by atoms with van der Waals surface area (Å²) in [6.45, 7) is 16.7. The molecule has 1 aliphatic heterocycles. The first-order chi connectivity index (χ1) is 9.12. The molecular weight excluding hydrogens is 252 g/mol. The van der Waals surface area contributed by atoms with E-state index >= 15 is 0 Å². The highest BCUT2D eigenvalue weighted by Gasteiger charge is 2.46. The zero-order valence-corrected chi connectivity index (χ0v) is 14.4. The van der Waals surface area contributed by atoms with Gasteiger partial charge in [-0.1, -0.05) is 33.3 Å². The van der Waals surface area contributed by atoms with E-state index in [0.29, 0.717) is 0 Å². The van der Waals surface area contributed by atoms with E-state index in [2.05, 4.69) is 34.6 Å². The first-order valence-corrected chi connectivity index (χ1v) is 7.79. The Bertz CT molecular complexity index is 357. The largest absolute Gasteiger partial charge is 0.389 e. The van der Waals surface area contributed by atoms with Crippen molar-refractivity contribution in [2.24, 2.45) is 11.3 Å². The molecule has 1 unspecified atom stereocenters. The molecule has 0 spiro atoms. The number of hydrogen-bond donors (Lipinski definition) is 1. The summed E-state index contributed by atoms with van der Waals surface area (Å²) in [6, 6.07) is 0. The third-order valence-corrected chi connectivity index (χ3v) is 5.01. The van der Waals surface area contributed by atoms with Gasteiger partial charge in [-0.15, -0.1) is 0 Å². The smallest absolute Gasteiger partial charge is 0.155 e. The second-order valence-electron chi connectivity index (χ2n) is 6.81. The van der Waals surface area contributed by atoms with Crippen molar-refractivity contribution in [2.45, 2.75) is 86.4 Å². The van der Waals surface area contributed by atoms with Crippen LogP contribution in [0.2, 0.25) is 0 Å². The highest BCUT2D eigenvalue weighted by molar-refractivity contribution is 5.18. The summed E-state index contributed by atoms with van der Waals surface area (Å²) in [7, 11) is 0. The molecule has 0 radical (unpaired) electrons. The van der Waals surface area contributed by atoms with E-state index in [9.17, 15) is 5.11 Å². The van der Waals surface area contributed by atoms with E-state index in [1.54, 1.807) is 0 Å². The van der Waals surface area contributed by atoms with Gasteiger partial charge in [0.25, 0.3) is 0 Å². The van der Waals surface area contributed by atoms with Gasteiger partial charge < -0.3 is 14.6 Å². The normalized spacial score (nSPS) is 34.4. The zero-order valence-electron chi connectivity index (χ0n) is 14.4. The van der Waals surface area contributed by atoms with Crippen LogP contribution in [0.5, 0.6) is 0 Å². The minimum Gasteiger partial charge on any atom is -0.389 e. The van der Waals surface area contributed by atoms with Crippen LogP contribution in [0.15, 0.2) is 11.1 Å². The van der Waals surface area contributed by atoms with Crippen LogP contribution >= 0.6 is 0 Å². The maximum absolute atomic E-state index is 9.80. The molecule has 0 aromatic rings. The molecule has 0 saturated carbocycles. The minimum absolute atomic E-state index is 0.0408. The SMILES string of the molecule is CC[C@@H]1OC(C)O[C@@H]([C@@H](C)/C(C)=C(\C)[C@H](C)O)C1(C)C. The van der Waals surface area contributed by atoms with Crippen molar-refractivity contribution in [1.82, 2.24) is 0 Å². The standard InChI is InChI=1S/C17H32O3/c1-9-15-17(7,8)16(20-14(6)19-15)12(4)10(2)11(3)13(5)18/h12-16,18H,9H2,1-8H3/b11-10+/t12-,13-,14?,15-,16-/m0/s1. The Kier molecular flexibility index (Phi) is 5.82. The molecule has 5 atom stereocenters. The van der Waals surface area contributed by atoms with Gasteiger partial charge in [0.2, 0.25) is 0 Å². The van der Waals surface area contributed by atoms with Crippen molar-refractivity contribution in [2.75, 3.05) is 0 Å². The summed E-state index contributed by atoms with van der Waals surface area (Å²) in [5.41, 5.74) is 2.23. The monoisotopic (exact) mass is 284 g/mol. The second kappa shape index (κ2) is 6.59. The van der Waals surface area contributed by atoms with E-state index in [0.717, 1.165) is 12.0 Å². The molecule has 0 aromatic heterocycles. The van der Waals surface area contributed by atoms with Gasteiger partial charge in [0.15, 0.2) is 6.29 Å². The molecule has 118 valence electrons. The molecule has 0 amide bonds. The zero-order chi connectivity index (χ0) is 15.7. The van der Waals surface area contributed by atoms with E-state index < -0.39 is 6.10 Å². The van der Waals surface area contributed by atoms with Crippen LogP contribution in [-0.4, -0.2) is 29.7 Å². The third-order valence-electron chi connectivity index (χ3n) is 5.01. The molecule has 1 aliphatic rings. The number of aliphatic hydroxyl groups is 1. The first kappa shape index (κ1) is 17.7. The Morgan fingerprint density at radius 2 is 1.70 bits per heavy atom. The molecule has 0 bridgehead atoms. The maximum Gasteiger partial charge on any atom is 0.155 e. The van der Waals surface area contributed by atoms with Gasteiger partial charge in [0.05, 0.1) is 18.3 Å². The van der Waals surface area contributed by atoms with Gasteiger partial charge >= 0.3 is 0 Å². The summed E-state index contributed by atoms with van der Waals surface area (Å²) < 4.78 is 12.0. The van der Waals surface area contributed by atoms with Crippen molar-refractivity contribution in [1.29, 1.82) is 0 Å². The van der Waals surface area contributed by atoms with Crippen LogP contribution < -0.4 is 0 Å². The lowest BCUT2D eigenvalue weighted by Gasteiger charge is -2.49. The van der Waals surface area contributed by atoms with Crippen molar-refractivity contribution >= 4 is 0 Å². The minimum atomic E-state index is -0.403. The fraction of sp³-hybridized carbons (Fsp3) is 0.882. The fourth-order valence-corrected chi connectivity index (χ4v) is 3.30. The molecule has 1 N–H and O–H groups in total. The Hall–Kier alpha value is -0.380. The summed E-state index contributed by atoms with van der Waals surface area (Å²) >= 11 is 0. The molecule has 20 heavy (non-hydrogen) atoms. The lowest BCUT2D eigenvalue weighted by Crippen LogP contribution is -2.53. The second-order valence-corrected chi connectivity index (χ2v) is 6.81. The van der Waals surface area contributed by atoms with E-state index in [1.807, 2.05) is 20.8 Å². The van der Waals surface area contributed by atoms with Gasteiger partial charge in [0, 0.05) is 11.3 Å². The van der Waals surface area contributed by atoms with Gasteiger partial charge in [-0.3, -0.25) is 0 Å². The molecule has 0 aliphatic carbocycles. The van der Waals surface area contributed by atoms with Gasteiger partial charge in [-0.05, 0) is 39.7 Å². The van der Waals surface area contributed by atoms with Crippen molar-refractivity contribution in [3.63, 3.8) is 0 Å². The Morgan fingerprint density at radius 3 is 2.15 bits per heavy atom. The molecule has 0 aromatic carbocycles. The number of aliphatic hydroxyl groups excluding tert-OH is 1. The highest BCUT2D eigenvalue weighted by Crippen LogP contribution is 2.43. The molecule has 1 saturated heterocycles. The predicted molar refractivity (Wildman–Crippen MR) is 82.5 cm³/mol. The highest BCUT2D eigenvalue weighted by atomic mass is 16.7. The van der Waals surface area contributed by atoms with E-state index in [4.69, 9.17) is 9.47 Å². The van der Waals surface area contributed by atoms with Gasteiger partial charge in [0.1, 0.15) is 0 Å². The topological polar surface area (TPSA) is 38.7 Å². The average molecular weight is 284 g/mol. The van der Waals surface area contributed by atoms with Gasteiger partial charge in [-0.2, -0.15) is 0 Å². The van der Waals surface area contributed by atoms with Crippen LogP contribution in [0, 0.1) is 11.3 Å². The van der Waals surface area contributed by atoms with Crippen molar-refractivity contribution < 1.29 is 14.6 Å². The van der Waals surface area contributed by atoms with Crippen LogP contribution in [0.4, 0.5) is 0 Å². The van der Waals surface area contributed by atoms with Crippen molar-refractivity contribution in [3.8, 4) is 0 Å². The van der Waals surface area contributed by atoms with Crippen LogP contribution in [0.3, 0.4) is 0 Å². The first-order valence-electron chi connectivity index (χ1n) is 7.79. The average Bonchev–Trinajstić information content (AvgIpc) is 2.38. The maximum atomic E-state index is 9.80. The quantitative estimate of drug-likeness (QED) is 0.796. The van der Waals surface area contributed by atoms with Crippen LogP contribution in [-0.2, 0) is 9.47 Å². The molecule has 3 heteroatoms. The van der Waals surface area contributed by atoms with E-state index in [-0.39, 0.29) is 29.8 Å². The molecule has 3 nitrogen and oxygen atoms in total. The molecule has 1 rings (SSSR count). The Labute approximate surface area is 124 Å². The molecule has 1 heterocycles. The van der Waals surface area contributed by atoms with Crippen molar-refractivity contribution in [3.05, 3.63) is 11.1 Å². The number of ether oxygens (including phenoxy) is 2. The number of rotatable bonds is 4. The molecular formula is C17H32O3. The van der Waals surface area contributed by atoms with Crippen LogP contribution in [0.25, 0.3) is 0 Å². The summed E-state index contributed by atoms with van der Waals surface area (Å²) in [5.74, 6) is 0.264. The predicted octanol–water partition coefficient (Wildman–Crippen LogP) is 3.91. The van der Waals surface area contributed by atoms with Gasteiger partial charge in [-0.25, -0.2) is 0 Å². The molecule has 1 fully saturated rings. The third kappa shape index (κ3) is 3.44. The summed E-state index contributed by atoms with van der Waals surface area (Å²) in [6.07, 6.45) is 0.727. The van der Waals surface area contributed by atoms with E-state index in [1.165, 1.54) is 5.57 Å².